The van der Waals surface area contributed by atoms with E-state index in [4.69, 9.17) is 38.0 Å². The van der Waals surface area contributed by atoms with Crippen molar-refractivity contribution in [1.82, 2.24) is 16.0 Å². The number of hydrogen-bond donors (Lipinski definition) is 3. The summed E-state index contributed by atoms with van der Waals surface area (Å²) < 4.78 is 15.9. The molecule has 0 unspecified atom stereocenters. The van der Waals surface area contributed by atoms with E-state index in [9.17, 15) is 9.59 Å². The molecule has 0 fully saturated rings. The molecule has 0 aromatic rings. The largest absolute Gasteiger partial charge is 0.493 e. The number of carbonyl (C=O) groups is 2. The first-order valence-corrected chi connectivity index (χ1v) is 11.6. The summed E-state index contributed by atoms with van der Waals surface area (Å²) in [6, 6.07) is 0. The van der Waals surface area contributed by atoms with E-state index in [0.29, 0.717) is 23.0 Å². The number of nitrogens with one attached hydrogen (secondary N) is 3. The third-order valence-electron chi connectivity index (χ3n) is 3.98. The van der Waals surface area contributed by atoms with Crippen molar-refractivity contribution in [3.63, 3.8) is 0 Å². The Bertz CT molecular complexity index is 918. The predicted molar refractivity (Wildman–Crippen MR) is 144 cm³/mol. The fourth-order valence-electron chi connectivity index (χ4n) is 2.41. The molecule has 0 saturated carbocycles. The number of hydrogen-bond acceptors (Lipinski definition) is 6. The van der Waals surface area contributed by atoms with Crippen LogP contribution in [0, 0.1) is 0 Å². The van der Waals surface area contributed by atoms with E-state index in [-0.39, 0.29) is 29.9 Å². The smallest absolute Gasteiger partial charge is 0.250 e. The number of rotatable bonds is 14. The molecule has 0 radical (unpaired) electrons. The molecule has 0 saturated heterocycles. The predicted octanol–water partition coefficient (Wildman–Crippen LogP) is 3.91. The number of ether oxygens (including phenoxy) is 3. The van der Waals surface area contributed by atoms with Gasteiger partial charge in [0, 0.05) is 30.6 Å². The molecule has 10 heteroatoms. The lowest BCUT2D eigenvalue weighted by molar-refractivity contribution is -0.120. The average molecular weight is 524 g/mol. The van der Waals surface area contributed by atoms with Crippen LogP contribution in [0.2, 0.25) is 0 Å². The molecular weight excluding hydrogens is 490 g/mol. The SMILES string of the molecule is C/C=C\C=C/CC(=O)NC/C=C(\C=C/CCl)NC(=S)NC(=O)/C=C/C(OC)=C(OC)\C(=C/C)OC. The van der Waals surface area contributed by atoms with Crippen LogP contribution in [0.1, 0.15) is 20.3 Å². The highest BCUT2D eigenvalue weighted by Gasteiger charge is 2.12. The van der Waals surface area contributed by atoms with Crippen LogP contribution in [0.4, 0.5) is 0 Å². The number of carbonyl (C=O) groups excluding carboxylic acids is 2. The van der Waals surface area contributed by atoms with Gasteiger partial charge in [-0.15, -0.1) is 11.6 Å². The van der Waals surface area contributed by atoms with Gasteiger partial charge in [0.2, 0.25) is 17.6 Å². The van der Waals surface area contributed by atoms with Gasteiger partial charge in [0.1, 0.15) is 0 Å². The normalized spacial score (nSPS) is 13.3. The van der Waals surface area contributed by atoms with Gasteiger partial charge in [0.15, 0.2) is 16.6 Å². The lowest BCUT2D eigenvalue weighted by Crippen LogP contribution is -2.38. The first kappa shape index (κ1) is 31.7. The molecule has 0 heterocycles. The quantitative estimate of drug-likeness (QED) is 0.104. The second-order valence-electron chi connectivity index (χ2n) is 6.41. The van der Waals surface area contributed by atoms with Crippen LogP contribution in [-0.2, 0) is 23.8 Å². The first-order chi connectivity index (χ1) is 16.9. The fourth-order valence-corrected chi connectivity index (χ4v) is 2.72. The molecule has 0 aliphatic heterocycles. The molecule has 35 heavy (non-hydrogen) atoms. The molecular formula is C25H34ClN3O5S. The molecule has 0 aromatic carbocycles. The Morgan fingerprint density at radius 1 is 0.943 bits per heavy atom. The Labute approximate surface area is 218 Å². The molecule has 0 bridgehead atoms. The molecule has 0 aliphatic rings. The molecule has 3 N–H and O–H groups in total. The highest BCUT2D eigenvalue weighted by molar-refractivity contribution is 7.80. The minimum Gasteiger partial charge on any atom is -0.493 e. The Hall–Kier alpha value is -3.30. The first-order valence-electron chi connectivity index (χ1n) is 10.7. The molecule has 0 rings (SSSR count). The van der Waals surface area contributed by atoms with E-state index >= 15 is 0 Å². The standard InChI is InChI=1S/C25H34ClN3O5S/c1-6-8-9-10-13-22(30)27-18-16-19(12-11-17-26)28-25(35)29-23(31)15-14-21(33-4)24(34-5)20(7-2)32-3/h6-12,14-16H,13,17-18H2,1-5H3,(H,27,30)(H2,28,29,31,35)/b8-6-,10-9-,12-11-,15-14+,19-16+,20-7+,24-21-. The number of thiocarbonyl (C=S) groups is 1. The van der Waals surface area contributed by atoms with Crippen LogP contribution in [0.3, 0.4) is 0 Å². The third-order valence-corrected chi connectivity index (χ3v) is 4.37. The second kappa shape index (κ2) is 20.1. The Morgan fingerprint density at radius 2 is 1.69 bits per heavy atom. The maximum absolute atomic E-state index is 12.3. The van der Waals surface area contributed by atoms with Gasteiger partial charge in [-0.25, -0.2) is 0 Å². The molecule has 0 atom stereocenters. The van der Waals surface area contributed by atoms with Crippen LogP contribution in [-0.4, -0.2) is 50.7 Å². The van der Waals surface area contributed by atoms with Gasteiger partial charge in [-0.1, -0.05) is 30.4 Å². The molecule has 2 amide bonds. The number of amides is 2. The van der Waals surface area contributed by atoms with Crippen molar-refractivity contribution in [2.75, 3.05) is 33.8 Å². The summed E-state index contributed by atoms with van der Waals surface area (Å²) in [4.78, 5) is 24.2. The van der Waals surface area contributed by atoms with Gasteiger partial charge in [0.25, 0.3) is 0 Å². The highest BCUT2D eigenvalue weighted by Crippen LogP contribution is 2.18. The summed E-state index contributed by atoms with van der Waals surface area (Å²) in [5.41, 5.74) is 0.557. The van der Waals surface area contributed by atoms with E-state index in [1.807, 2.05) is 19.1 Å². The molecule has 0 aliphatic carbocycles. The summed E-state index contributed by atoms with van der Waals surface area (Å²) in [5, 5.41) is 8.27. The summed E-state index contributed by atoms with van der Waals surface area (Å²) in [5.74, 6) is 0.737. The topological polar surface area (TPSA) is 97.9 Å². The van der Waals surface area contributed by atoms with Gasteiger partial charge in [-0.2, -0.15) is 0 Å². The van der Waals surface area contributed by atoms with Crippen LogP contribution in [0.5, 0.6) is 0 Å². The van der Waals surface area contributed by atoms with Gasteiger partial charge < -0.3 is 24.8 Å². The van der Waals surface area contributed by atoms with E-state index in [1.54, 1.807) is 43.4 Å². The third kappa shape index (κ3) is 14.5. The molecule has 8 nitrogen and oxygen atoms in total. The number of alkyl halides is 1. The molecule has 0 aromatic heterocycles. The van der Waals surface area contributed by atoms with Crippen LogP contribution < -0.4 is 16.0 Å². The van der Waals surface area contributed by atoms with Crippen LogP contribution >= 0.6 is 23.8 Å². The Morgan fingerprint density at radius 3 is 2.26 bits per heavy atom. The molecule has 0 spiro atoms. The van der Waals surface area contributed by atoms with Crippen molar-refractivity contribution in [2.45, 2.75) is 20.3 Å². The van der Waals surface area contributed by atoms with Crippen LogP contribution in [0.25, 0.3) is 0 Å². The van der Waals surface area contributed by atoms with Crippen molar-refractivity contribution in [3.8, 4) is 0 Å². The number of methoxy groups -OCH3 is 3. The van der Waals surface area contributed by atoms with Gasteiger partial charge in [-0.3, -0.25) is 14.9 Å². The van der Waals surface area contributed by atoms with E-state index in [0.717, 1.165) is 0 Å². The number of allylic oxidation sites excluding steroid dienone is 7. The zero-order valence-corrected chi connectivity index (χ0v) is 22.3. The van der Waals surface area contributed by atoms with Crippen LogP contribution in [0.15, 0.2) is 83.7 Å². The van der Waals surface area contributed by atoms with Crippen molar-refractivity contribution in [3.05, 3.63) is 83.7 Å². The Kier molecular flexibility index (Phi) is 18.2. The summed E-state index contributed by atoms with van der Waals surface area (Å²) in [6.07, 6.45) is 17.0. The second-order valence-corrected chi connectivity index (χ2v) is 7.13. The maximum atomic E-state index is 12.3. The van der Waals surface area contributed by atoms with Crippen molar-refractivity contribution in [2.24, 2.45) is 0 Å². The van der Waals surface area contributed by atoms with Gasteiger partial charge >= 0.3 is 0 Å². The van der Waals surface area contributed by atoms with Crippen molar-refractivity contribution in [1.29, 1.82) is 0 Å². The monoisotopic (exact) mass is 523 g/mol. The highest BCUT2D eigenvalue weighted by atomic mass is 35.5. The Balaban J connectivity index is 5.14. The van der Waals surface area contributed by atoms with Gasteiger partial charge in [-0.05, 0) is 50.4 Å². The zero-order chi connectivity index (χ0) is 26.5. The van der Waals surface area contributed by atoms with E-state index in [2.05, 4.69) is 16.0 Å². The minimum atomic E-state index is -0.492. The summed E-state index contributed by atoms with van der Waals surface area (Å²) in [6.45, 7) is 3.94. The van der Waals surface area contributed by atoms with Crippen molar-refractivity contribution >= 4 is 40.7 Å². The zero-order valence-electron chi connectivity index (χ0n) is 20.7. The van der Waals surface area contributed by atoms with Crippen molar-refractivity contribution < 1.29 is 23.8 Å². The van der Waals surface area contributed by atoms with E-state index < -0.39 is 5.91 Å². The minimum absolute atomic E-state index is 0.0617. The fraction of sp³-hybridized carbons (Fsp3) is 0.320. The van der Waals surface area contributed by atoms with Gasteiger partial charge in [0.05, 0.1) is 21.3 Å². The lowest BCUT2D eigenvalue weighted by Gasteiger charge is -2.13. The number of halogens is 1. The van der Waals surface area contributed by atoms with E-state index in [1.165, 1.54) is 33.5 Å². The average Bonchev–Trinajstić information content (AvgIpc) is 2.84. The molecule has 192 valence electrons. The maximum Gasteiger partial charge on any atom is 0.250 e. The lowest BCUT2D eigenvalue weighted by atomic mass is 10.3. The summed E-state index contributed by atoms with van der Waals surface area (Å²) >= 11 is 10.9. The summed E-state index contributed by atoms with van der Waals surface area (Å²) in [7, 11) is 4.41.